The average Bonchev–Trinajstić information content (AvgIpc) is 2.48. The molecule has 17 heavy (non-hydrogen) atoms. The highest BCUT2D eigenvalue weighted by atomic mass is 19.4. The summed E-state index contributed by atoms with van der Waals surface area (Å²) in [6.45, 7) is 0. The normalized spacial score (nSPS) is 11.5. The first-order valence-corrected chi connectivity index (χ1v) is 4.54. The Hall–Kier alpha value is -2.18. The number of halogens is 3. The van der Waals surface area contributed by atoms with Gasteiger partial charge in [0.25, 0.3) is 0 Å². The third kappa shape index (κ3) is 2.32. The van der Waals surface area contributed by atoms with Gasteiger partial charge in [-0.3, -0.25) is 5.41 Å². The van der Waals surface area contributed by atoms with Crippen LogP contribution in [0.4, 0.5) is 13.2 Å². The number of alkyl halides is 3. The minimum absolute atomic E-state index is 0.317. The van der Waals surface area contributed by atoms with Gasteiger partial charge in [0, 0.05) is 5.39 Å². The zero-order valence-electron chi connectivity index (χ0n) is 8.34. The van der Waals surface area contributed by atoms with E-state index in [1.807, 2.05) is 5.33 Å². The lowest BCUT2D eigenvalue weighted by Gasteiger charge is -2.04. The summed E-state index contributed by atoms with van der Waals surface area (Å²) in [5, 5.41) is 9.25. The number of rotatable bonds is 1. The number of aromatic amines is 1. The molecule has 2 N–H and O–H groups in total. The monoisotopic (exact) mass is 244 g/mol. The van der Waals surface area contributed by atoms with Gasteiger partial charge >= 0.3 is 6.18 Å². The van der Waals surface area contributed by atoms with Gasteiger partial charge in [0.2, 0.25) is 0 Å². The molecule has 0 bridgehead atoms. The van der Waals surface area contributed by atoms with Crippen molar-refractivity contribution in [3.05, 3.63) is 36.1 Å². The predicted molar refractivity (Wildman–Crippen MR) is 53.3 cm³/mol. The molecule has 0 saturated carbocycles. The second-order valence-corrected chi connectivity index (χ2v) is 3.21. The van der Waals surface area contributed by atoms with Crippen molar-refractivity contribution in [2.75, 3.05) is 0 Å². The highest BCUT2D eigenvalue weighted by molar-refractivity contribution is 6.01. The maximum absolute atomic E-state index is 12.3. The summed E-state index contributed by atoms with van der Waals surface area (Å²) in [5.41, 5.74) is -1.26. The minimum Gasteiger partial charge on any atom is -0.351 e. The molecule has 4 nitrogen and oxygen atoms in total. The second-order valence-electron chi connectivity index (χ2n) is 3.21. The average molecular weight is 244 g/mol. The molecule has 0 fully saturated rings. The van der Waals surface area contributed by atoms with Gasteiger partial charge in [-0.1, -0.05) is 23.5 Å². The van der Waals surface area contributed by atoms with E-state index in [1.54, 1.807) is 24.3 Å². The van der Waals surface area contributed by atoms with Crippen molar-refractivity contribution in [2.24, 2.45) is 0 Å². The summed E-state index contributed by atoms with van der Waals surface area (Å²) in [4.78, 5) is 0. The summed E-state index contributed by atoms with van der Waals surface area (Å²) in [5.74, 6) is -0.651. The number of para-hydroxylation sites is 1. The van der Waals surface area contributed by atoms with Crippen LogP contribution in [-0.2, 0) is 0 Å². The van der Waals surface area contributed by atoms with Crippen LogP contribution in [0, 0.1) is 5.41 Å². The van der Waals surface area contributed by atoms with Gasteiger partial charge in [0.1, 0.15) is 0 Å². The Morgan fingerprint density at radius 2 is 1.88 bits per heavy atom. The maximum Gasteiger partial charge on any atom is 0.436 e. The van der Waals surface area contributed by atoms with Crippen LogP contribution >= 0.6 is 0 Å². The van der Waals surface area contributed by atoms with E-state index >= 15 is 0 Å². The van der Waals surface area contributed by atoms with Gasteiger partial charge in [0.05, 0.1) is 0 Å². The van der Waals surface area contributed by atoms with Gasteiger partial charge < -0.3 is 9.05 Å². The number of fused-ring (bicyclic) bond motifs is 1. The molecule has 0 atom stereocenters. The van der Waals surface area contributed by atoms with Gasteiger partial charge in [-0.05, 0) is 12.1 Å². The Labute approximate surface area is 92.8 Å². The molecule has 1 heterocycles. The fourth-order valence-electron chi connectivity index (χ4n) is 1.24. The molecule has 0 amide bonds. The molecular formula is C10H7F3N2O2. The van der Waals surface area contributed by atoms with Crippen LogP contribution in [0.2, 0.25) is 0 Å². The van der Waals surface area contributed by atoms with E-state index in [2.05, 4.69) is 4.52 Å². The molecule has 0 aliphatic rings. The first kappa shape index (κ1) is 11.3. The van der Waals surface area contributed by atoms with E-state index in [4.69, 9.17) is 9.93 Å². The summed E-state index contributed by atoms with van der Waals surface area (Å²) in [6, 6.07) is 7.50. The van der Waals surface area contributed by atoms with E-state index in [-0.39, 0.29) is 0 Å². The summed E-state index contributed by atoms with van der Waals surface area (Å²) >= 11 is 0. The van der Waals surface area contributed by atoms with Crippen molar-refractivity contribution in [2.45, 2.75) is 6.18 Å². The molecule has 2 rings (SSSR count). The van der Waals surface area contributed by atoms with E-state index in [1.165, 1.54) is 0 Å². The van der Waals surface area contributed by atoms with Crippen molar-refractivity contribution in [3.8, 4) is 0 Å². The molecule has 0 aliphatic heterocycles. The van der Waals surface area contributed by atoms with E-state index in [0.29, 0.717) is 11.0 Å². The molecule has 0 spiro atoms. The summed E-state index contributed by atoms with van der Waals surface area (Å²) in [6.07, 6.45) is -4.77. The molecule has 0 radical (unpaired) electrons. The Bertz CT molecular complexity index is 590. The smallest absolute Gasteiger partial charge is 0.351 e. The number of H-pyrrole nitrogens is 1. The molecule has 7 heteroatoms. The number of benzene rings is 1. The van der Waals surface area contributed by atoms with E-state index in [9.17, 15) is 13.2 Å². The maximum atomic E-state index is 12.3. The Kier molecular flexibility index (Phi) is 2.66. The Morgan fingerprint density at radius 1 is 1.18 bits per heavy atom. The van der Waals surface area contributed by atoms with Gasteiger partial charge in [-0.15, -0.1) is 0 Å². The van der Waals surface area contributed by atoms with Gasteiger partial charge in [0.15, 0.2) is 17.1 Å². The van der Waals surface area contributed by atoms with Crippen LogP contribution < -0.4 is 0 Å². The van der Waals surface area contributed by atoms with Crippen LogP contribution in [0.3, 0.4) is 0 Å². The topological polar surface area (TPSA) is 65.9 Å². The fourth-order valence-corrected chi connectivity index (χ4v) is 1.24. The van der Waals surface area contributed by atoms with Crippen molar-refractivity contribution < 1.29 is 22.2 Å². The molecular weight excluding hydrogens is 237 g/mol. The number of hydrogen-bond donors (Lipinski definition) is 2. The van der Waals surface area contributed by atoms with Crippen LogP contribution in [-0.4, -0.2) is 17.2 Å². The molecule has 1 aromatic carbocycles. The fraction of sp³-hybridized carbons (Fsp3) is 0.100. The standard InChI is InChI=1S/C10H7F3N2O2/c11-10(12,13)9(14)8-5-6-3-1-2-4-7(6)16-15-17-8/h1-5,14-15H. The molecule has 1 aromatic heterocycles. The van der Waals surface area contributed by atoms with Crippen LogP contribution in [0.25, 0.3) is 11.0 Å². The van der Waals surface area contributed by atoms with Gasteiger partial charge in [-0.25, -0.2) is 0 Å². The number of aromatic nitrogens is 1. The first-order valence-electron chi connectivity index (χ1n) is 4.54. The summed E-state index contributed by atoms with van der Waals surface area (Å²) < 4.78 is 46.4. The van der Waals surface area contributed by atoms with Crippen molar-refractivity contribution >= 4 is 16.7 Å². The first-order chi connectivity index (χ1) is 7.98. The van der Waals surface area contributed by atoms with Crippen molar-refractivity contribution in [3.63, 3.8) is 0 Å². The Balaban J connectivity index is 2.62. The van der Waals surface area contributed by atoms with Crippen LogP contribution in [0.1, 0.15) is 5.76 Å². The summed E-state index contributed by atoms with van der Waals surface area (Å²) in [7, 11) is 0. The van der Waals surface area contributed by atoms with Crippen molar-refractivity contribution in [1.82, 2.24) is 5.33 Å². The molecule has 2 aromatic rings. The third-order valence-electron chi connectivity index (χ3n) is 2.04. The molecule has 0 aliphatic carbocycles. The lowest BCUT2D eigenvalue weighted by atomic mass is 10.2. The number of nitrogens with one attached hydrogen (secondary N) is 2. The molecule has 90 valence electrons. The van der Waals surface area contributed by atoms with Crippen LogP contribution in [0.5, 0.6) is 0 Å². The largest absolute Gasteiger partial charge is 0.436 e. The van der Waals surface area contributed by atoms with E-state index < -0.39 is 17.6 Å². The van der Waals surface area contributed by atoms with Gasteiger partial charge in [-0.2, -0.15) is 13.2 Å². The predicted octanol–water partition coefficient (Wildman–Crippen LogP) is 3.41. The minimum atomic E-state index is -4.77. The highest BCUT2D eigenvalue weighted by Crippen LogP contribution is 2.22. The highest BCUT2D eigenvalue weighted by Gasteiger charge is 2.37. The van der Waals surface area contributed by atoms with Crippen LogP contribution in [0.15, 0.2) is 39.4 Å². The lowest BCUT2D eigenvalue weighted by Crippen LogP contribution is -2.22. The Morgan fingerprint density at radius 3 is 2.59 bits per heavy atom. The van der Waals surface area contributed by atoms with E-state index in [0.717, 1.165) is 6.07 Å². The SMILES string of the molecule is N=C(c1cc2ccccc2o[nH]o1)C(F)(F)F. The molecule has 0 saturated heterocycles. The quantitative estimate of drug-likeness (QED) is 0.755. The van der Waals surface area contributed by atoms with Crippen molar-refractivity contribution in [1.29, 1.82) is 5.41 Å². The second kappa shape index (κ2) is 4.00. The third-order valence-corrected chi connectivity index (χ3v) is 2.04. The number of hydrogen-bond acceptors (Lipinski definition) is 3. The zero-order chi connectivity index (χ0) is 12.5. The zero-order valence-corrected chi connectivity index (χ0v) is 8.34. The molecule has 0 unspecified atom stereocenters. The lowest BCUT2D eigenvalue weighted by molar-refractivity contribution is -0.0601.